The number of nitrogens with two attached hydrogens (primary N) is 1. The Morgan fingerprint density at radius 2 is 2.00 bits per heavy atom. The fourth-order valence-electron chi connectivity index (χ4n) is 3.03. The van der Waals surface area contributed by atoms with Gasteiger partial charge in [-0.05, 0) is 38.0 Å². The lowest BCUT2D eigenvalue weighted by Crippen LogP contribution is -2.60. The standard InChI is InChI=1S/C16H25BrN2S/c1-12-13(2)20-9-8-19(12)16(3,11-18)10-14-4-6-15(17)7-5-14/h4-7,12-13H,8-11,18H2,1-3H3. The first-order chi connectivity index (χ1) is 9.46. The molecule has 112 valence electrons. The van der Waals surface area contributed by atoms with Crippen LogP contribution >= 0.6 is 27.7 Å². The minimum Gasteiger partial charge on any atom is -0.329 e. The van der Waals surface area contributed by atoms with Crippen LogP contribution in [0, 0.1) is 0 Å². The summed E-state index contributed by atoms with van der Waals surface area (Å²) in [6.07, 6.45) is 1.01. The zero-order valence-electron chi connectivity index (χ0n) is 12.6. The third kappa shape index (κ3) is 3.59. The van der Waals surface area contributed by atoms with E-state index in [1.807, 2.05) is 0 Å². The van der Waals surface area contributed by atoms with Crippen LogP contribution in [0.15, 0.2) is 28.7 Å². The highest BCUT2D eigenvalue weighted by Crippen LogP contribution is 2.31. The van der Waals surface area contributed by atoms with Gasteiger partial charge in [0.05, 0.1) is 0 Å². The first-order valence-corrected chi connectivity index (χ1v) is 9.13. The fraction of sp³-hybridized carbons (Fsp3) is 0.625. The van der Waals surface area contributed by atoms with Gasteiger partial charge in [-0.25, -0.2) is 0 Å². The minimum atomic E-state index is 0.0441. The lowest BCUT2D eigenvalue weighted by molar-refractivity contribution is 0.0714. The average Bonchev–Trinajstić information content (AvgIpc) is 2.44. The molecule has 0 aromatic heterocycles. The summed E-state index contributed by atoms with van der Waals surface area (Å²) in [7, 11) is 0. The quantitative estimate of drug-likeness (QED) is 0.894. The molecule has 0 bridgehead atoms. The third-order valence-electron chi connectivity index (χ3n) is 4.52. The molecular formula is C16H25BrN2S. The maximum absolute atomic E-state index is 6.17. The van der Waals surface area contributed by atoms with Gasteiger partial charge in [0.25, 0.3) is 0 Å². The molecule has 2 rings (SSSR count). The van der Waals surface area contributed by atoms with E-state index in [0.717, 1.165) is 17.4 Å². The second-order valence-electron chi connectivity index (χ2n) is 6.01. The van der Waals surface area contributed by atoms with E-state index in [-0.39, 0.29) is 5.54 Å². The first kappa shape index (κ1) is 16.3. The SMILES string of the molecule is CC1SCCN(C(C)(CN)Cc2ccc(Br)cc2)C1C. The van der Waals surface area contributed by atoms with E-state index in [0.29, 0.717) is 17.8 Å². The summed E-state index contributed by atoms with van der Waals surface area (Å²) in [6, 6.07) is 9.21. The van der Waals surface area contributed by atoms with Crippen LogP contribution in [0.4, 0.5) is 0 Å². The second kappa shape index (κ2) is 6.82. The van der Waals surface area contributed by atoms with Crippen LogP contribution in [0.1, 0.15) is 26.3 Å². The Balaban J connectivity index is 2.17. The molecule has 1 aromatic rings. The summed E-state index contributed by atoms with van der Waals surface area (Å²) < 4.78 is 1.13. The molecule has 20 heavy (non-hydrogen) atoms. The summed E-state index contributed by atoms with van der Waals surface area (Å²) in [6.45, 7) is 8.82. The van der Waals surface area contributed by atoms with Crippen molar-refractivity contribution >= 4 is 27.7 Å². The summed E-state index contributed by atoms with van der Waals surface area (Å²) in [4.78, 5) is 2.62. The highest BCUT2D eigenvalue weighted by molar-refractivity contribution is 9.10. The Hall–Kier alpha value is -0.0300. The average molecular weight is 357 g/mol. The minimum absolute atomic E-state index is 0.0441. The van der Waals surface area contributed by atoms with Crippen molar-refractivity contribution < 1.29 is 0 Å². The van der Waals surface area contributed by atoms with E-state index >= 15 is 0 Å². The summed E-state index contributed by atoms with van der Waals surface area (Å²) in [5, 5.41) is 0.680. The van der Waals surface area contributed by atoms with Crippen molar-refractivity contribution in [1.82, 2.24) is 4.90 Å². The van der Waals surface area contributed by atoms with Crippen LogP contribution in [-0.2, 0) is 6.42 Å². The second-order valence-corrected chi connectivity index (χ2v) is 8.42. The normalized spacial score (nSPS) is 27.2. The van der Waals surface area contributed by atoms with Crippen LogP contribution in [0.2, 0.25) is 0 Å². The Labute approximate surface area is 135 Å². The van der Waals surface area contributed by atoms with Crippen LogP contribution in [0.3, 0.4) is 0 Å². The van der Waals surface area contributed by atoms with Gasteiger partial charge in [0, 0.05) is 40.1 Å². The van der Waals surface area contributed by atoms with E-state index in [2.05, 4.69) is 77.6 Å². The highest BCUT2D eigenvalue weighted by atomic mass is 79.9. The van der Waals surface area contributed by atoms with Crippen molar-refractivity contribution in [2.45, 2.75) is 44.0 Å². The van der Waals surface area contributed by atoms with Crippen molar-refractivity contribution in [2.24, 2.45) is 5.73 Å². The summed E-state index contributed by atoms with van der Waals surface area (Å²) in [5.74, 6) is 1.21. The number of hydrogen-bond donors (Lipinski definition) is 1. The number of hydrogen-bond acceptors (Lipinski definition) is 3. The molecular weight excluding hydrogens is 332 g/mol. The number of thioether (sulfide) groups is 1. The zero-order chi connectivity index (χ0) is 14.8. The molecule has 3 atom stereocenters. The van der Waals surface area contributed by atoms with Gasteiger partial charge < -0.3 is 5.73 Å². The van der Waals surface area contributed by atoms with Gasteiger partial charge in [0.15, 0.2) is 0 Å². The van der Waals surface area contributed by atoms with Gasteiger partial charge in [-0.15, -0.1) is 0 Å². The van der Waals surface area contributed by atoms with Gasteiger partial charge in [-0.2, -0.15) is 11.8 Å². The summed E-state index contributed by atoms with van der Waals surface area (Å²) >= 11 is 5.57. The topological polar surface area (TPSA) is 29.3 Å². The molecule has 1 heterocycles. The number of benzene rings is 1. The largest absolute Gasteiger partial charge is 0.329 e. The third-order valence-corrected chi connectivity index (χ3v) is 6.38. The van der Waals surface area contributed by atoms with Crippen molar-refractivity contribution in [3.05, 3.63) is 34.3 Å². The van der Waals surface area contributed by atoms with E-state index in [4.69, 9.17) is 5.73 Å². The smallest absolute Gasteiger partial charge is 0.0347 e. The van der Waals surface area contributed by atoms with Gasteiger partial charge >= 0.3 is 0 Å². The molecule has 1 fully saturated rings. The van der Waals surface area contributed by atoms with Crippen LogP contribution in [0.5, 0.6) is 0 Å². The van der Waals surface area contributed by atoms with Crippen molar-refractivity contribution in [1.29, 1.82) is 0 Å². The molecule has 0 saturated carbocycles. The molecule has 1 aliphatic rings. The van der Waals surface area contributed by atoms with Crippen LogP contribution in [0.25, 0.3) is 0 Å². The van der Waals surface area contributed by atoms with Gasteiger partial charge in [-0.1, -0.05) is 35.0 Å². The molecule has 3 unspecified atom stereocenters. The molecule has 0 amide bonds. The molecule has 0 spiro atoms. The number of nitrogens with zero attached hydrogens (tertiary/aromatic N) is 1. The maximum Gasteiger partial charge on any atom is 0.0347 e. The predicted octanol–water partition coefficient (Wildman–Crippen LogP) is 3.53. The van der Waals surface area contributed by atoms with Crippen LogP contribution < -0.4 is 5.73 Å². The predicted molar refractivity (Wildman–Crippen MR) is 93.4 cm³/mol. The molecule has 0 radical (unpaired) electrons. The van der Waals surface area contributed by atoms with E-state index in [1.54, 1.807) is 0 Å². The van der Waals surface area contributed by atoms with Gasteiger partial charge in [-0.3, -0.25) is 4.90 Å². The molecule has 2 N–H and O–H groups in total. The molecule has 0 aliphatic carbocycles. The Bertz CT molecular complexity index is 437. The Morgan fingerprint density at radius 1 is 1.35 bits per heavy atom. The van der Waals surface area contributed by atoms with E-state index < -0.39 is 0 Å². The van der Waals surface area contributed by atoms with E-state index in [1.165, 1.54) is 11.3 Å². The number of rotatable bonds is 4. The van der Waals surface area contributed by atoms with Crippen molar-refractivity contribution in [3.8, 4) is 0 Å². The van der Waals surface area contributed by atoms with Crippen molar-refractivity contribution in [2.75, 3.05) is 18.8 Å². The lowest BCUT2D eigenvalue weighted by Gasteiger charge is -2.49. The van der Waals surface area contributed by atoms with E-state index in [9.17, 15) is 0 Å². The lowest BCUT2D eigenvalue weighted by atomic mass is 9.89. The maximum atomic E-state index is 6.17. The molecule has 4 heteroatoms. The number of halogens is 1. The Kier molecular flexibility index (Phi) is 5.57. The monoisotopic (exact) mass is 356 g/mol. The van der Waals surface area contributed by atoms with Crippen molar-refractivity contribution in [3.63, 3.8) is 0 Å². The highest BCUT2D eigenvalue weighted by Gasteiger charge is 2.37. The first-order valence-electron chi connectivity index (χ1n) is 7.29. The molecule has 2 nitrogen and oxygen atoms in total. The van der Waals surface area contributed by atoms with Gasteiger partial charge in [0.2, 0.25) is 0 Å². The zero-order valence-corrected chi connectivity index (χ0v) is 15.0. The van der Waals surface area contributed by atoms with Crippen LogP contribution in [-0.4, -0.2) is 40.6 Å². The molecule has 1 aliphatic heterocycles. The molecule has 1 aromatic carbocycles. The molecule has 1 saturated heterocycles. The van der Waals surface area contributed by atoms with Gasteiger partial charge in [0.1, 0.15) is 0 Å². The summed E-state index contributed by atoms with van der Waals surface area (Å²) in [5.41, 5.74) is 7.57. The Morgan fingerprint density at radius 3 is 2.60 bits per heavy atom. The fourth-order valence-corrected chi connectivity index (χ4v) is 4.39.